The number of ether oxygens (including phenoxy) is 1. The Hall–Kier alpha value is -1.59. The summed E-state index contributed by atoms with van der Waals surface area (Å²) in [5, 5.41) is 0. The summed E-state index contributed by atoms with van der Waals surface area (Å²) in [7, 11) is 1.64. The monoisotopic (exact) mass is 249 g/mol. The van der Waals surface area contributed by atoms with Gasteiger partial charge in [-0.25, -0.2) is 5.43 Å². The minimum atomic E-state index is -0.542. The van der Waals surface area contributed by atoms with E-state index in [0.29, 0.717) is 6.42 Å². The first-order chi connectivity index (χ1) is 8.70. The zero-order valence-corrected chi connectivity index (χ0v) is 10.5. The van der Waals surface area contributed by atoms with E-state index in [2.05, 4.69) is 16.9 Å². The van der Waals surface area contributed by atoms with Crippen molar-refractivity contribution in [3.63, 3.8) is 0 Å². The van der Waals surface area contributed by atoms with Gasteiger partial charge < -0.3 is 10.5 Å². The second-order valence-electron chi connectivity index (χ2n) is 4.44. The van der Waals surface area contributed by atoms with Crippen LogP contribution in [0.2, 0.25) is 0 Å². The van der Waals surface area contributed by atoms with Gasteiger partial charge in [-0.2, -0.15) is 0 Å². The number of nitrogens with two attached hydrogens (primary N) is 1. The van der Waals surface area contributed by atoms with E-state index in [1.165, 1.54) is 5.56 Å². The van der Waals surface area contributed by atoms with E-state index in [0.717, 1.165) is 30.8 Å². The maximum absolute atomic E-state index is 11.5. The number of aryl methyl sites for hydroxylation is 1. The van der Waals surface area contributed by atoms with Crippen LogP contribution in [0.25, 0.3) is 0 Å². The lowest BCUT2D eigenvalue weighted by molar-refractivity contribution is -0.123. The topological polar surface area (TPSA) is 76.4 Å². The van der Waals surface area contributed by atoms with Gasteiger partial charge in [0.2, 0.25) is 0 Å². The van der Waals surface area contributed by atoms with E-state index in [1.807, 2.05) is 12.1 Å². The molecule has 0 spiro atoms. The Kier molecular flexibility index (Phi) is 4.17. The smallest absolute Gasteiger partial charge is 0.251 e. The first-order valence-corrected chi connectivity index (χ1v) is 6.17. The fourth-order valence-electron chi connectivity index (χ4n) is 2.10. The third-order valence-corrected chi connectivity index (χ3v) is 3.01. The largest absolute Gasteiger partial charge is 0.493 e. The van der Waals surface area contributed by atoms with Crippen LogP contribution < -0.4 is 21.3 Å². The fourth-order valence-corrected chi connectivity index (χ4v) is 2.10. The molecular formula is C13H19N3O2. The standard InChI is InChI=1S/C13H19N3O2/c1-15-16-13(17)11(14)8-9-4-5-12-10(7-9)3-2-6-18-12/h4-5,7,11,15H,2-3,6,8,14H2,1H3,(H,16,17). The Labute approximate surface area is 107 Å². The van der Waals surface area contributed by atoms with Crippen molar-refractivity contribution < 1.29 is 9.53 Å². The van der Waals surface area contributed by atoms with Gasteiger partial charge in [0, 0.05) is 7.05 Å². The second kappa shape index (κ2) is 5.84. The molecule has 0 aliphatic carbocycles. The lowest BCUT2D eigenvalue weighted by Crippen LogP contribution is -2.46. The van der Waals surface area contributed by atoms with E-state index in [4.69, 9.17) is 10.5 Å². The number of benzene rings is 1. The molecule has 1 heterocycles. The number of amides is 1. The quantitative estimate of drug-likeness (QED) is 0.663. The molecule has 0 fully saturated rings. The summed E-state index contributed by atoms with van der Waals surface area (Å²) < 4.78 is 5.55. The molecule has 1 aliphatic rings. The summed E-state index contributed by atoms with van der Waals surface area (Å²) in [6.45, 7) is 0.788. The van der Waals surface area contributed by atoms with Crippen LogP contribution in [0.4, 0.5) is 0 Å². The highest BCUT2D eigenvalue weighted by Gasteiger charge is 2.15. The Morgan fingerprint density at radius 1 is 1.56 bits per heavy atom. The molecule has 0 saturated carbocycles. The van der Waals surface area contributed by atoms with Gasteiger partial charge in [0.15, 0.2) is 0 Å². The number of hydrogen-bond acceptors (Lipinski definition) is 4. The summed E-state index contributed by atoms with van der Waals surface area (Å²) in [6.07, 6.45) is 2.60. The Morgan fingerprint density at radius 2 is 2.39 bits per heavy atom. The van der Waals surface area contributed by atoms with Crippen molar-refractivity contribution in [1.82, 2.24) is 10.9 Å². The molecule has 0 saturated heterocycles. The minimum absolute atomic E-state index is 0.202. The molecular weight excluding hydrogens is 230 g/mol. The molecule has 1 unspecified atom stereocenters. The summed E-state index contributed by atoms with van der Waals surface area (Å²) in [5.41, 5.74) is 13.2. The normalized spacial score (nSPS) is 15.4. The minimum Gasteiger partial charge on any atom is -0.493 e. The van der Waals surface area contributed by atoms with Gasteiger partial charge in [-0.1, -0.05) is 12.1 Å². The summed E-state index contributed by atoms with van der Waals surface area (Å²) in [4.78, 5) is 11.5. The number of fused-ring (bicyclic) bond motifs is 1. The van der Waals surface area contributed by atoms with Crippen molar-refractivity contribution in [1.29, 1.82) is 0 Å². The molecule has 0 radical (unpaired) electrons. The van der Waals surface area contributed by atoms with Gasteiger partial charge in [0.05, 0.1) is 12.6 Å². The van der Waals surface area contributed by atoms with Crippen molar-refractivity contribution in [2.45, 2.75) is 25.3 Å². The van der Waals surface area contributed by atoms with Crippen molar-refractivity contribution in [2.75, 3.05) is 13.7 Å². The number of hydrogen-bond donors (Lipinski definition) is 3. The molecule has 1 amide bonds. The van der Waals surface area contributed by atoms with Crippen molar-refractivity contribution in [2.24, 2.45) is 5.73 Å². The Balaban J connectivity index is 2.03. The zero-order chi connectivity index (χ0) is 13.0. The van der Waals surface area contributed by atoms with E-state index < -0.39 is 6.04 Å². The van der Waals surface area contributed by atoms with Gasteiger partial charge >= 0.3 is 0 Å². The van der Waals surface area contributed by atoms with Gasteiger partial charge in [-0.15, -0.1) is 0 Å². The molecule has 1 atom stereocenters. The fraction of sp³-hybridized carbons (Fsp3) is 0.462. The van der Waals surface area contributed by atoms with Crippen LogP contribution >= 0.6 is 0 Å². The molecule has 98 valence electrons. The zero-order valence-electron chi connectivity index (χ0n) is 10.5. The molecule has 1 aromatic carbocycles. The van der Waals surface area contributed by atoms with Crippen LogP contribution in [0.5, 0.6) is 5.75 Å². The number of carbonyl (C=O) groups is 1. The highest BCUT2D eigenvalue weighted by atomic mass is 16.5. The first-order valence-electron chi connectivity index (χ1n) is 6.17. The molecule has 1 aliphatic heterocycles. The van der Waals surface area contributed by atoms with Gasteiger partial charge in [0.25, 0.3) is 5.91 Å². The molecule has 1 aromatic rings. The molecule has 18 heavy (non-hydrogen) atoms. The Bertz CT molecular complexity index is 434. The summed E-state index contributed by atoms with van der Waals surface area (Å²) in [6, 6.07) is 5.48. The predicted molar refractivity (Wildman–Crippen MR) is 69.1 cm³/mol. The molecule has 5 nitrogen and oxygen atoms in total. The second-order valence-corrected chi connectivity index (χ2v) is 4.44. The lowest BCUT2D eigenvalue weighted by Gasteiger charge is -2.18. The van der Waals surface area contributed by atoms with Crippen LogP contribution in [0, 0.1) is 0 Å². The van der Waals surface area contributed by atoms with Crippen LogP contribution in [-0.2, 0) is 17.6 Å². The van der Waals surface area contributed by atoms with Crippen molar-refractivity contribution >= 4 is 5.91 Å². The van der Waals surface area contributed by atoms with Gasteiger partial charge in [0.1, 0.15) is 5.75 Å². The van der Waals surface area contributed by atoms with Crippen LogP contribution in [0.15, 0.2) is 18.2 Å². The van der Waals surface area contributed by atoms with Crippen molar-refractivity contribution in [3.8, 4) is 5.75 Å². The Morgan fingerprint density at radius 3 is 3.17 bits per heavy atom. The summed E-state index contributed by atoms with van der Waals surface area (Å²) >= 11 is 0. The molecule has 4 N–H and O–H groups in total. The van der Waals surface area contributed by atoms with Crippen LogP contribution in [0.1, 0.15) is 17.5 Å². The maximum atomic E-state index is 11.5. The SMILES string of the molecule is CNNC(=O)C(N)Cc1ccc2c(c1)CCCO2. The number of carbonyl (C=O) groups excluding carboxylic acids is 1. The highest BCUT2D eigenvalue weighted by Crippen LogP contribution is 2.25. The van der Waals surface area contributed by atoms with E-state index in [9.17, 15) is 4.79 Å². The number of hydrazine groups is 1. The number of nitrogens with one attached hydrogen (secondary N) is 2. The van der Waals surface area contributed by atoms with Crippen molar-refractivity contribution in [3.05, 3.63) is 29.3 Å². The third-order valence-electron chi connectivity index (χ3n) is 3.01. The van der Waals surface area contributed by atoms with Gasteiger partial charge in [-0.05, 0) is 36.5 Å². The molecule has 5 heteroatoms. The third kappa shape index (κ3) is 3.00. The van der Waals surface area contributed by atoms with Gasteiger partial charge in [-0.3, -0.25) is 10.2 Å². The van der Waals surface area contributed by atoms with E-state index >= 15 is 0 Å². The van der Waals surface area contributed by atoms with Crippen LogP contribution in [-0.4, -0.2) is 25.6 Å². The summed E-state index contributed by atoms with van der Waals surface area (Å²) in [5.74, 6) is 0.754. The molecule has 0 aromatic heterocycles. The maximum Gasteiger partial charge on any atom is 0.251 e. The molecule has 0 bridgehead atoms. The average molecular weight is 249 g/mol. The highest BCUT2D eigenvalue weighted by molar-refractivity contribution is 5.81. The molecule has 2 rings (SSSR count). The van der Waals surface area contributed by atoms with Crippen LogP contribution in [0.3, 0.4) is 0 Å². The predicted octanol–water partition coefficient (Wildman–Crippen LogP) is 0.132. The number of rotatable bonds is 4. The lowest BCUT2D eigenvalue weighted by atomic mass is 9.99. The first kappa shape index (κ1) is 12.9. The van der Waals surface area contributed by atoms with E-state index in [1.54, 1.807) is 7.05 Å². The average Bonchev–Trinajstić information content (AvgIpc) is 2.39. The van der Waals surface area contributed by atoms with E-state index in [-0.39, 0.29) is 5.91 Å².